The molecule has 0 amide bonds. The van der Waals surface area contributed by atoms with E-state index in [0.29, 0.717) is 0 Å². The van der Waals surface area contributed by atoms with Gasteiger partial charge in [0.2, 0.25) is 0 Å². The summed E-state index contributed by atoms with van der Waals surface area (Å²) in [6, 6.07) is 4.30. The van der Waals surface area contributed by atoms with Gasteiger partial charge < -0.3 is 26.2 Å². The van der Waals surface area contributed by atoms with Crippen molar-refractivity contribution in [3.63, 3.8) is 0 Å². The zero-order chi connectivity index (χ0) is 20.5. The largest absolute Gasteiger partial charge is 0.507 e. The summed E-state index contributed by atoms with van der Waals surface area (Å²) in [5, 5.41) is 42.5. The SMILES string of the molecule is CC(=O)[C@]1(O)Cc2c(O)c3c(c(O)c2[C@@H](O)C1)C(=O)c1c(N)cccc1C3=O. The molecule has 2 aliphatic rings. The van der Waals surface area contributed by atoms with Crippen molar-refractivity contribution in [1.82, 2.24) is 0 Å². The maximum absolute atomic E-state index is 13.0. The molecule has 8 nitrogen and oxygen atoms in total. The first-order valence-electron chi connectivity index (χ1n) is 8.58. The second kappa shape index (κ2) is 5.63. The second-order valence-corrected chi connectivity index (χ2v) is 7.25. The molecule has 144 valence electrons. The van der Waals surface area contributed by atoms with Gasteiger partial charge in [-0.05, 0) is 13.0 Å². The first-order chi connectivity index (χ1) is 13.1. The van der Waals surface area contributed by atoms with Gasteiger partial charge in [-0.1, -0.05) is 12.1 Å². The molecule has 0 aromatic heterocycles. The third-order valence-electron chi connectivity index (χ3n) is 5.60. The predicted octanol–water partition coefficient (Wildman–Crippen LogP) is 0.755. The Morgan fingerprint density at radius 2 is 1.75 bits per heavy atom. The first kappa shape index (κ1) is 18.1. The Balaban J connectivity index is 2.05. The number of fused-ring (bicyclic) bond motifs is 3. The number of Topliss-reactive ketones (excluding diaryl/α,β-unsaturated/α-hetero) is 1. The quantitative estimate of drug-likeness (QED) is 0.304. The summed E-state index contributed by atoms with van der Waals surface area (Å²) in [6.07, 6.45) is -2.35. The molecule has 2 aliphatic carbocycles. The van der Waals surface area contributed by atoms with Crippen molar-refractivity contribution < 1.29 is 34.8 Å². The summed E-state index contributed by atoms with van der Waals surface area (Å²) >= 11 is 0. The zero-order valence-corrected chi connectivity index (χ0v) is 14.8. The van der Waals surface area contributed by atoms with Crippen molar-refractivity contribution >= 4 is 23.0 Å². The van der Waals surface area contributed by atoms with Gasteiger partial charge in [0.1, 0.15) is 17.1 Å². The molecule has 0 saturated carbocycles. The molecule has 0 saturated heterocycles. The van der Waals surface area contributed by atoms with Gasteiger partial charge in [0.15, 0.2) is 17.3 Å². The van der Waals surface area contributed by atoms with Crippen molar-refractivity contribution in [3.8, 4) is 11.5 Å². The topological polar surface area (TPSA) is 158 Å². The van der Waals surface area contributed by atoms with Crippen LogP contribution in [0, 0.1) is 0 Å². The van der Waals surface area contributed by atoms with E-state index in [2.05, 4.69) is 0 Å². The molecule has 4 rings (SSSR count). The number of hydrogen-bond acceptors (Lipinski definition) is 8. The highest BCUT2D eigenvalue weighted by Gasteiger charge is 2.47. The van der Waals surface area contributed by atoms with E-state index in [-0.39, 0.29) is 27.9 Å². The van der Waals surface area contributed by atoms with E-state index < -0.39 is 64.5 Å². The maximum atomic E-state index is 13.0. The summed E-state index contributed by atoms with van der Waals surface area (Å²) in [6.45, 7) is 1.14. The van der Waals surface area contributed by atoms with Crippen molar-refractivity contribution in [2.45, 2.75) is 31.5 Å². The van der Waals surface area contributed by atoms with Crippen LogP contribution in [-0.4, -0.2) is 43.4 Å². The number of ketones is 3. The fourth-order valence-corrected chi connectivity index (χ4v) is 4.10. The van der Waals surface area contributed by atoms with Crippen LogP contribution in [-0.2, 0) is 11.2 Å². The normalized spacial score (nSPS) is 23.0. The third-order valence-corrected chi connectivity index (χ3v) is 5.60. The van der Waals surface area contributed by atoms with E-state index in [0.717, 1.165) is 6.92 Å². The van der Waals surface area contributed by atoms with E-state index in [1.54, 1.807) is 0 Å². The van der Waals surface area contributed by atoms with E-state index in [4.69, 9.17) is 5.73 Å². The van der Waals surface area contributed by atoms with Gasteiger partial charge in [-0.2, -0.15) is 0 Å². The smallest absolute Gasteiger partial charge is 0.200 e. The number of carbonyl (C=O) groups is 3. The number of aromatic hydroxyl groups is 2. The van der Waals surface area contributed by atoms with Gasteiger partial charge in [-0.3, -0.25) is 14.4 Å². The number of aliphatic hydroxyl groups is 2. The fourth-order valence-electron chi connectivity index (χ4n) is 4.10. The minimum Gasteiger partial charge on any atom is -0.507 e. The average molecular weight is 383 g/mol. The summed E-state index contributed by atoms with van der Waals surface area (Å²) in [4.78, 5) is 37.8. The lowest BCUT2D eigenvalue weighted by atomic mass is 9.72. The number of rotatable bonds is 1. The molecule has 0 unspecified atom stereocenters. The average Bonchev–Trinajstić information content (AvgIpc) is 2.61. The van der Waals surface area contributed by atoms with Crippen LogP contribution < -0.4 is 5.73 Å². The summed E-state index contributed by atoms with van der Waals surface area (Å²) in [5.41, 5.74) is 2.62. The maximum Gasteiger partial charge on any atom is 0.200 e. The fraction of sp³-hybridized carbons (Fsp3) is 0.250. The van der Waals surface area contributed by atoms with Gasteiger partial charge in [-0.25, -0.2) is 0 Å². The lowest BCUT2D eigenvalue weighted by Crippen LogP contribution is -2.44. The van der Waals surface area contributed by atoms with E-state index in [9.17, 15) is 34.8 Å². The van der Waals surface area contributed by atoms with Crippen molar-refractivity contribution in [1.29, 1.82) is 0 Å². The van der Waals surface area contributed by atoms with Gasteiger partial charge >= 0.3 is 0 Å². The van der Waals surface area contributed by atoms with Crippen LogP contribution in [0.15, 0.2) is 18.2 Å². The number of carbonyl (C=O) groups excluding carboxylic acids is 3. The van der Waals surface area contributed by atoms with Crippen LogP contribution in [0.4, 0.5) is 5.69 Å². The Morgan fingerprint density at radius 3 is 2.39 bits per heavy atom. The summed E-state index contributed by atoms with van der Waals surface area (Å²) < 4.78 is 0. The molecular weight excluding hydrogens is 366 g/mol. The number of nitrogens with two attached hydrogens (primary N) is 1. The molecule has 0 bridgehead atoms. The number of nitrogen functional groups attached to an aromatic ring is 1. The number of phenolic OH excluding ortho intramolecular Hbond substituents is 2. The van der Waals surface area contributed by atoms with E-state index >= 15 is 0 Å². The monoisotopic (exact) mass is 383 g/mol. The number of aliphatic hydroxyl groups excluding tert-OH is 1. The Morgan fingerprint density at radius 1 is 1.11 bits per heavy atom. The lowest BCUT2D eigenvalue weighted by molar-refractivity contribution is -0.139. The molecule has 2 atom stereocenters. The molecule has 0 fully saturated rings. The third kappa shape index (κ3) is 2.15. The zero-order valence-electron chi connectivity index (χ0n) is 14.8. The number of hydrogen-bond donors (Lipinski definition) is 5. The van der Waals surface area contributed by atoms with Crippen molar-refractivity contribution in [2.24, 2.45) is 0 Å². The molecule has 0 radical (unpaired) electrons. The molecule has 2 aromatic rings. The molecule has 0 heterocycles. The van der Waals surface area contributed by atoms with Crippen LogP contribution in [0.5, 0.6) is 11.5 Å². The van der Waals surface area contributed by atoms with Crippen LogP contribution >= 0.6 is 0 Å². The Bertz CT molecular complexity index is 1100. The Kier molecular flexibility index (Phi) is 3.65. The minimum absolute atomic E-state index is 0.0228. The number of phenols is 2. The molecular formula is C20H17NO7. The number of anilines is 1. The van der Waals surface area contributed by atoms with Crippen LogP contribution in [0.1, 0.15) is 62.4 Å². The van der Waals surface area contributed by atoms with E-state index in [1.807, 2.05) is 0 Å². The molecule has 28 heavy (non-hydrogen) atoms. The van der Waals surface area contributed by atoms with Gasteiger partial charge in [0.25, 0.3) is 0 Å². The summed E-state index contributed by atoms with van der Waals surface area (Å²) in [5.74, 6) is -3.41. The van der Waals surface area contributed by atoms with Gasteiger partial charge in [0.05, 0.1) is 22.8 Å². The highest BCUT2D eigenvalue weighted by atomic mass is 16.3. The molecule has 0 aliphatic heterocycles. The van der Waals surface area contributed by atoms with Crippen molar-refractivity contribution in [2.75, 3.05) is 5.73 Å². The Hall–Kier alpha value is -3.23. The van der Waals surface area contributed by atoms with Crippen LogP contribution in [0.25, 0.3) is 0 Å². The van der Waals surface area contributed by atoms with E-state index in [1.165, 1.54) is 18.2 Å². The first-order valence-corrected chi connectivity index (χ1v) is 8.58. The predicted molar refractivity (Wildman–Crippen MR) is 96.4 cm³/mol. The Labute approximate surface area is 158 Å². The second-order valence-electron chi connectivity index (χ2n) is 7.25. The highest BCUT2D eigenvalue weighted by molar-refractivity contribution is 6.32. The van der Waals surface area contributed by atoms with Crippen LogP contribution in [0.3, 0.4) is 0 Å². The highest BCUT2D eigenvalue weighted by Crippen LogP contribution is 2.50. The standard InChI is InChI=1S/C20H17NO7/c1-7(22)20(28)5-9-13(11(23)6-20)19(27)15-14(17(9)25)16(24)8-3-2-4-10(21)12(8)18(15)26/h2-4,11,23,25,27-28H,5-6,21H2,1H3/t11-,20-/m0/s1. The molecule has 8 heteroatoms. The lowest BCUT2D eigenvalue weighted by Gasteiger charge is -2.36. The van der Waals surface area contributed by atoms with Gasteiger partial charge in [0, 0.05) is 35.2 Å². The molecule has 0 spiro atoms. The van der Waals surface area contributed by atoms with Crippen molar-refractivity contribution in [3.05, 3.63) is 51.6 Å². The molecule has 2 aromatic carbocycles. The minimum atomic E-state index is -1.96. The van der Waals surface area contributed by atoms with Gasteiger partial charge in [-0.15, -0.1) is 0 Å². The number of benzene rings is 2. The summed E-state index contributed by atoms with van der Waals surface area (Å²) in [7, 11) is 0. The van der Waals surface area contributed by atoms with Crippen LogP contribution in [0.2, 0.25) is 0 Å². The molecule has 6 N–H and O–H groups in total.